The van der Waals surface area contributed by atoms with Crippen molar-refractivity contribution in [3.05, 3.63) is 48.8 Å². The average Bonchev–Trinajstić information content (AvgIpc) is 2.83. The summed E-state index contributed by atoms with van der Waals surface area (Å²) in [4.78, 5) is 4.08. The first kappa shape index (κ1) is 13.2. The molecule has 2 heterocycles. The highest BCUT2D eigenvalue weighted by atomic mass is 16.5. The van der Waals surface area contributed by atoms with Crippen LogP contribution in [-0.2, 0) is 7.05 Å². The molecule has 0 aliphatic heterocycles. The molecule has 21 heavy (non-hydrogen) atoms. The molecule has 106 valence electrons. The summed E-state index contributed by atoms with van der Waals surface area (Å²) in [5.41, 5.74) is 9.80. The Kier molecular flexibility index (Phi) is 3.31. The van der Waals surface area contributed by atoms with Crippen molar-refractivity contribution in [3.63, 3.8) is 0 Å². The predicted molar refractivity (Wildman–Crippen MR) is 82.8 cm³/mol. The number of pyridine rings is 1. The van der Waals surface area contributed by atoms with Crippen LogP contribution in [0.25, 0.3) is 22.4 Å². The monoisotopic (exact) mass is 280 g/mol. The molecule has 0 bridgehead atoms. The van der Waals surface area contributed by atoms with Crippen LogP contribution in [0.3, 0.4) is 0 Å². The largest absolute Gasteiger partial charge is 0.494 e. The van der Waals surface area contributed by atoms with Crippen LogP contribution < -0.4 is 10.5 Å². The van der Waals surface area contributed by atoms with Crippen LogP contribution in [0.15, 0.2) is 48.8 Å². The van der Waals surface area contributed by atoms with Crippen molar-refractivity contribution in [2.24, 2.45) is 7.05 Å². The summed E-state index contributed by atoms with van der Waals surface area (Å²) < 4.78 is 7.07. The lowest BCUT2D eigenvalue weighted by atomic mass is 10.0. The van der Waals surface area contributed by atoms with Crippen LogP contribution in [0.1, 0.15) is 0 Å². The summed E-state index contributed by atoms with van der Waals surface area (Å²) in [6, 6.07) is 11.9. The van der Waals surface area contributed by atoms with Crippen molar-refractivity contribution < 1.29 is 4.74 Å². The third-order valence-electron chi connectivity index (χ3n) is 3.41. The van der Waals surface area contributed by atoms with Crippen molar-refractivity contribution in [2.45, 2.75) is 0 Å². The maximum absolute atomic E-state index is 6.21. The molecule has 0 radical (unpaired) electrons. The first-order chi connectivity index (χ1) is 10.2. The van der Waals surface area contributed by atoms with E-state index in [1.165, 1.54) is 0 Å². The van der Waals surface area contributed by atoms with Crippen molar-refractivity contribution in [1.29, 1.82) is 0 Å². The number of aryl methyl sites for hydroxylation is 1. The van der Waals surface area contributed by atoms with Crippen molar-refractivity contribution >= 4 is 5.82 Å². The first-order valence-corrected chi connectivity index (χ1v) is 6.58. The fourth-order valence-electron chi connectivity index (χ4n) is 2.35. The SMILES string of the molecule is COc1cnccc1-c1nn(C)c(N)c1-c1ccccc1. The summed E-state index contributed by atoms with van der Waals surface area (Å²) in [5.74, 6) is 1.29. The van der Waals surface area contributed by atoms with E-state index in [0.29, 0.717) is 11.6 Å². The van der Waals surface area contributed by atoms with E-state index in [-0.39, 0.29) is 0 Å². The van der Waals surface area contributed by atoms with E-state index in [9.17, 15) is 0 Å². The van der Waals surface area contributed by atoms with Crippen LogP contribution in [-0.4, -0.2) is 21.9 Å². The van der Waals surface area contributed by atoms with E-state index in [1.54, 1.807) is 24.2 Å². The fraction of sp³-hybridized carbons (Fsp3) is 0.125. The Bertz CT molecular complexity index is 765. The lowest BCUT2D eigenvalue weighted by Crippen LogP contribution is -1.97. The number of methoxy groups -OCH3 is 1. The van der Waals surface area contributed by atoms with Gasteiger partial charge in [0, 0.05) is 18.8 Å². The second-order valence-electron chi connectivity index (χ2n) is 4.67. The topological polar surface area (TPSA) is 66.0 Å². The van der Waals surface area contributed by atoms with Gasteiger partial charge in [-0.25, -0.2) is 0 Å². The standard InChI is InChI=1S/C16H16N4O/c1-20-16(17)14(11-6-4-3-5-7-11)15(19-20)12-8-9-18-10-13(12)21-2/h3-10H,17H2,1-2H3. The first-order valence-electron chi connectivity index (χ1n) is 6.58. The van der Waals surface area contributed by atoms with E-state index < -0.39 is 0 Å². The van der Waals surface area contributed by atoms with Crippen molar-refractivity contribution in [2.75, 3.05) is 12.8 Å². The molecule has 3 rings (SSSR count). The number of hydrogen-bond donors (Lipinski definition) is 1. The predicted octanol–water partition coefficient (Wildman–Crippen LogP) is 2.74. The van der Waals surface area contributed by atoms with Crippen LogP contribution in [0, 0.1) is 0 Å². The second-order valence-corrected chi connectivity index (χ2v) is 4.67. The third-order valence-corrected chi connectivity index (χ3v) is 3.41. The summed E-state index contributed by atoms with van der Waals surface area (Å²) in [6.45, 7) is 0. The molecule has 0 amide bonds. The van der Waals surface area contributed by atoms with Gasteiger partial charge in [-0.05, 0) is 11.6 Å². The highest BCUT2D eigenvalue weighted by Crippen LogP contribution is 2.38. The Labute approximate surface area is 123 Å². The molecule has 0 atom stereocenters. The molecule has 2 N–H and O–H groups in total. The number of anilines is 1. The molecule has 0 saturated carbocycles. The van der Waals surface area contributed by atoms with E-state index in [4.69, 9.17) is 10.5 Å². The Hall–Kier alpha value is -2.82. The van der Waals surface area contributed by atoms with E-state index in [0.717, 1.165) is 22.4 Å². The second kappa shape index (κ2) is 5.28. The molecule has 2 aromatic heterocycles. The minimum Gasteiger partial charge on any atom is -0.494 e. The number of benzene rings is 1. The van der Waals surface area contributed by atoms with Gasteiger partial charge in [0.1, 0.15) is 17.3 Å². The summed E-state index contributed by atoms with van der Waals surface area (Å²) in [5, 5.41) is 4.55. The highest BCUT2D eigenvalue weighted by Gasteiger charge is 2.19. The Morgan fingerprint density at radius 2 is 1.90 bits per heavy atom. The fourth-order valence-corrected chi connectivity index (χ4v) is 2.35. The molecule has 1 aromatic carbocycles. The molecule has 5 nitrogen and oxygen atoms in total. The molecule has 0 aliphatic carbocycles. The van der Waals surface area contributed by atoms with Gasteiger partial charge < -0.3 is 10.5 Å². The van der Waals surface area contributed by atoms with Crippen LogP contribution in [0.5, 0.6) is 5.75 Å². The van der Waals surface area contributed by atoms with Gasteiger partial charge in [0.2, 0.25) is 0 Å². The molecule has 0 spiro atoms. The average molecular weight is 280 g/mol. The molecular weight excluding hydrogens is 264 g/mol. The summed E-state index contributed by atoms with van der Waals surface area (Å²) >= 11 is 0. The van der Waals surface area contributed by atoms with Gasteiger partial charge in [-0.1, -0.05) is 30.3 Å². The Morgan fingerprint density at radius 3 is 2.62 bits per heavy atom. The Balaban J connectivity index is 2.27. The normalized spacial score (nSPS) is 10.6. The highest BCUT2D eigenvalue weighted by molar-refractivity contribution is 5.89. The summed E-state index contributed by atoms with van der Waals surface area (Å²) in [7, 11) is 3.45. The lowest BCUT2D eigenvalue weighted by molar-refractivity contribution is 0.414. The maximum Gasteiger partial charge on any atom is 0.146 e. The smallest absolute Gasteiger partial charge is 0.146 e. The quantitative estimate of drug-likeness (QED) is 0.801. The molecule has 5 heteroatoms. The third kappa shape index (κ3) is 2.23. The molecule has 0 unspecified atom stereocenters. The number of ether oxygens (including phenoxy) is 1. The molecule has 3 aromatic rings. The molecular formula is C16H16N4O. The van der Waals surface area contributed by atoms with Crippen LogP contribution in [0.4, 0.5) is 5.82 Å². The Morgan fingerprint density at radius 1 is 1.14 bits per heavy atom. The minimum atomic E-state index is 0.620. The number of nitrogens with two attached hydrogens (primary N) is 1. The lowest BCUT2D eigenvalue weighted by Gasteiger charge is -2.08. The minimum absolute atomic E-state index is 0.620. The van der Waals surface area contributed by atoms with Gasteiger partial charge in [-0.2, -0.15) is 5.10 Å². The number of rotatable bonds is 3. The molecule has 0 aliphatic rings. The number of aromatic nitrogens is 3. The van der Waals surface area contributed by atoms with Crippen molar-refractivity contribution in [1.82, 2.24) is 14.8 Å². The van der Waals surface area contributed by atoms with Gasteiger partial charge in [0.15, 0.2) is 0 Å². The summed E-state index contributed by atoms with van der Waals surface area (Å²) in [6.07, 6.45) is 3.40. The van der Waals surface area contributed by atoms with Gasteiger partial charge in [0.25, 0.3) is 0 Å². The van der Waals surface area contributed by atoms with E-state index >= 15 is 0 Å². The van der Waals surface area contributed by atoms with E-state index in [1.807, 2.05) is 43.4 Å². The van der Waals surface area contributed by atoms with Crippen LogP contribution >= 0.6 is 0 Å². The van der Waals surface area contributed by atoms with Gasteiger partial charge in [-0.3, -0.25) is 9.67 Å². The zero-order chi connectivity index (χ0) is 14.8. The molecule has 0 saturated heterocycles. The van der Waals surface area contributed by atoms with Gasteiger partial charge >= 0.3 is 0 Å². The van der Waals surface area contributed by atoms with E-state index in [2.05, 4.69) is 10.1 Å². The molecule has 0 fully saturated rings. The van der Waals surface area contributed by atoms with Gasteiger partial charge in [-0.15, -0.1) is 0 Å². The zero-order valence-corrected chi connectivity index (χ0v) is 11.9. The van der Waals surface area contributed by atoms with Gasteiger partial charge in [0.05, 0.1) is 18.9 Å². The van der Waals surface area contributed by atoms with Crippen LogP contribution in [0.2, 0.25) is 0 Å². The number of hydrogen-bond acceptors (Lipinski definition) is 4. The maximum atomic E-state index is 6.21. The zero-order valence-electron chi connectivity index (χ0n) is 11.9. The number of nitrogen functional groups attached to an aromatic ring is 1. The van der Waals surface area contributed by atoms with Crippen molar-refractivity contribution in [3.8, 4) is 28.1 Å². The number of nitrogens with zero attached hydrogens (tertiary/aromatic N) is 3.